The Hall–Kier alpha value is -2.08. The second-order valence-electron chi connectivity index (χ2n) is 6.08. The Morgan fingerprint density at radius 3 is 2.83 bits per heavy atom. The number of hydrogen-bond donors (Lipinski definition) is 1. The van der Waals surface area contributed by atoms with Gasteiger partial charge in [0.05, 0.1) is 37.6 Å². The van der Waals surface area contributed by atoms with Crippen molar-refractivity contribution in [3.05, 3.63) is 46.9 Å². The maximum Gasteiger partial charge on any atom is 0.183 e. The van der Waals surface area contributed by atoms with E-state index in [0.29, 0.717) is 12.5 Å². The van der Waals surface area contributed by atoms with Crippen molar-refractivity contribution in [3.63, 3.8) is 0 Å². The molecule has 1 N–H and O–H groups in total. The molecule has 0 amide bonds. The molecule has 0 saturated carbocycles. The van der Waals surface area contributed by atoms with Gasteiger partial charge in [-0.15, -0.1) is 11.3 Å². The summed E-state index contributed by atoms with van der Waals surface area (Å²) in [5.74, 6) is 1.88. The van der Waals surface area contributed by atoms with Gasteiger partial charge in [0.1, 0.15) is 11.5 Å². The summed E-state index contributed by atoms with van der Waals surface area (Å²) in [4.78, 5) is 9.63. The Balaban J connectivity index is 1.92. The van der Waals surface area contributed by atoms with Gasteiger partial charge in [-0.3, -0.25) is 4.99 Å². The number of rotatable bonds is 5. The van der Waals surface area contributed by atoms with Crippen molar-refractivity contribution in [3.8, 4) is 0 Å². The van der Waals surface area contributed by atoms with Crippen LogP contribution in [0, 0.1) is 5.92 Å². The van der Waals surface area contributed by atoms with Gasteiger partial charge < -0.3 is 14.8 Å². The highest BCUT2D eigenvalue weighted by atomic mass is 32.1. The summed E-state index contributed by atoms with van der Waals surface area (Å²) < 4.78 is 10.9. The third-order valence-corrected chi connectivity index (χ3v) is 4.76. The van der Waals surface area contributed by atoms with Crippen LogP contribution in [0.1, 0.15) is 26.0 Å². The fourth-order valence-electron chi connectivity index (χ4n) is 2.83. The van der Waals surface area contributed by atoms with E-state index in [-0.39, 0.29) is 12.0 Å². The molecule has 24 heavy (non-hydrogen) atoms. The van der Waals surface area contributed by atoms with Crippen molar-refractivity contribution >= 4 is 22.2 Å². The average molecular weight is 345 g/mol. The molecule has 1 aromatic rings. The van der Waals surface area contributed by atoms with E-state index in [2.05, 4.69) is 41.7 Å². The molecule has 1 aliphatic carbocycles. The molecule has 2 unspecified atom stereocenters. The van der Waals surface area contributed by atoms with Gasteiger partial charge in [-0.25, -0.2) is 4.98 Å². The second-order valence-corrected chi connectivity index (χ2v) is 6.93. The van der Waals surface area contributed by atoms with Gasteiger partial charge in [0, 0.05) is 17.8 Å². The molecule has 0 spiro atoms. The minimum atomic E-state index is -0.0307. The predicted molar refractivity (Wildman–Crippen MR) is 98.6 cm³/mol. The van der Waals surface area contributed by atoms with Crippen LogP contribution in [0.5, 0.6) is 0 Å². The summed E-state index contributed by atoms with van der Waals surface area (Å²) in [6.45, 7) is 4.21. The Morgan fingerprint density at radius 1 is 1.29 bits per heavy atom. The number of hydrogen-bond acceptors (Lipinski definition) is 6. The third-order valence-electron chi connectivity index (χ3n) is 3.98. The summed E-state index contributed by atoms with van der Waals surface area (Å²) in [5.41, 5.74) is 1.91. The molecule has 1 aliphatic heterocycles. The lowest BCUT2D eigenvalue weighted by Crippen LogP contribution is -2.21. The topological polar surface area (TPSA) is 55.7 Å². The van der Waals surface area contributed by atoms with E-state index in [1.54, 1.807) is 25.6 Å². The van der Waals surface area contributed by atoms with E-state index in [1.165, 1.54) is 0 Å². The Labute approximate surface area is 146 Å². The molecule has 5 nitrogen and oxygen atoms in total. The van der Waals surface area contributed by atoms with Crippen LogP contribution in [0.25, 0.3) is 0 Å². The Kier molecular flexibility index (Phi) is 5.04. The molecule has 3 rings (SSSR count). The number of aliphatic imine (C=N–C) groups is 1. The normalized spacial score (nSPS) is 23.0. The molecule has 2 heterocycles. The number of nitrogens with zero attached hydrogens (tertiary/aromatic N) is 2. The van der Waals surface area contributed by atoms with Crippen molar-refractivity contribution < 1.29 is 9.47 Å². The van der Waals surface area contributed by atoms with Crippen molar-refractivity contribution in [1.82, 2.24) is 4.98 Å². The maximum absolute atomic E-state index is 5.59. The average Bonchev–Trinajstić information content (AvgIpc) is 2.94. The monoisotopic (exact) mass is 345 g/mol. The van der Waals surface area contributed by atoms with Gasteiger partial charge in [-0.2, -0.15) is 0 Å². The molecule has 0 saturated heterocycles. The summed E-state index contributed by atoms with van der Waals surface area (Å²) in [5, 5.41) is 6.33. The van der Waals surface area contributed by atoms with Crippen LogP contribution >= 0.6 is 11.3 Å². The van der Waals surface area contributed by atoms with Gasteiger partial charge in [-0.1, -0.05) is 6.08 Å². The van der Waals surface area contributed by atoms with Crippen LogP contribution in [0.2, 0.25) is 0 Å². The Bertz CT molecular complexity index is 716. The Morgan fingerprint density at radius 2 is 2.12 bits per heavy atom. The standard InChI is InChI=1S/C18H23N3O2S/c1-11(2)19-18-21-16(10-24-18)14-7-8-17(23-4)13-6-5-12(22-3)9-15(13)20-14/h5-6,8-11,13,15H,7H2,1-4H3,(H,19,21). The molecule has 2 atom stereocenters. The molecule has 0 bridgehead atoms. The smallest absolute Gasteiger partial charge is 0.183 e. The highest BCUT2D eigenvalue weighted by molar-refractivity contribution is 7.13. The maximum atomic E-state index is 5.59. The summed E-state index contributed by atoms with van der Waals surface area (Å²) >= 11 is 1.61. The highest BCUT2D eigenvalue weighted by Crippen LogP contribution is 2.31. The zero-order chi connectivity index (χ0) is 17.1. The first kappa shape index (κ1) is 16.8. The lowest BCUT2D eigenvalue weighted by atomic mass is 9.93. The highest BCUT2D eigenvalue weighted by Gasteiger charge is 2.28. The molecular weight excluding hydrogens is 322 g/mol. The van der Waals surface area contributed by atoms with Gasteiger partial charge >= 0.3 is 0 Å². The number of aromatic nitrogens is 1. The first-order chi connectivity index (χ1) is 11.6. The largest absolute Gasteiger partial charge is 0.501 e. The summed E-state index contributed by atoms with van der Waals surface area (Å²) in [6, 6.07) is 0.331. The van der Waals surface area contributed by atoms with E-state index in [1.807, 2.05) is 12.2 Å². The number of thiazole rings is 1. The van der Waals surface area contributed by atoms with Crippen molar-refractivity contribution in [2.45, 2.75) is 32.4 Å². The van der Waals surface area contributed by atoms with Gasteiger partial charge in [0.25, 0.3) is 0 Å². The van der Waals surface area contributed by atoms with E-state index < -0.39 is 0 Å². The van der Waals surface area contributed by atoms with E-state index in [0.717, 1.165) is 28.1 Å². The number of nitrogens with one attached hydrogen (secondary N) is 1. The SMILES string of the molecule is COC1=CC2N=C(c3csc(NC(C)C)n3)CC=C(OC)C2C=C1. The summed E-state index contributed by atoms with van der Waals surface area (Å²) in [7, 11) is 3.39. The van der Waals surface area contributed by atoms with Crippen LogP contribution in [-0.2, 0) is 9.47 Å². The molecule has 2 aliphatic rings. The van der Waals surface area contributed by atoms with Crippen molar-refractivity contribution in [1.29, 1.82) is 0 Å². The lowest BCUT2D eigenvalue weighted by Gasteiger charge is -2.23. The number of allylic oxidation sites excluding steroid dienone is 2. The van der Waals surface area contributed by atoms with Crippen molar-refractivity contribution in [2.24, 2.45) is 10.9 Å². The minimum Gasteiger partial charge on any atom is -0.501 e. The molecule has 128 valence electrons. The number of ether oxygens (including phenoxy) is 2. The zero-order valence-electron chi connectivity index (χ0n) is 14.4. The van der Waals surface area contributed by atoms with Crippen LogP contribution in [-0.4, -0.2) is 37.0 Å². The number of fused-ring (bicyclic) bond motifs is 1. The molecule has 6 heteroatoms. The molecule has 0 aromatic carbocycles. The first-order valence-electron chi connectivity index (χ1n) is 8.08. The molecule has 0 fully saturated rings. The molecule has 1 aromatic heterocycles. The summed E-state index contributed by atoms with van der Waals surface area (Å²) in [6.07, 6.45) is 8.93. The zero-order valence-corrected chi connectivity index (χ0v) is 15.3. The van der Waals surface area contributed by atoms with Gasteiger partial charge in [-0.05, 0) is 32.1 Å². The minimum absolute atomic E-state index is 0.0307. The fourth-order valence-corrected chi connectivity index (χ4v) is 3.70. The van der Waals surface area contributed by atoms with Crippen LogP contribution < -0.4 is 5.32 Å². The van der Waals surface area contributed by atoms with Crippen molar-refractivity contribution in [2.75, 3.05) is 19.5 Å². The molecule has 0 radical (unpaired) electrons. The quantitative estimate of drug-likeness (QED) is 0.882. The van der Waals surface area contributed by atoms with Gasteiger partial charge in [0.2, 0.25) is 0 Å². The first-order valence-corrected chi connectivity index (χ1v) is 8.96. The van der Waals surface area contributed by atoms with Gasteiger partial charge in [0.15, 0.2) is 5.13 Å². The number of methoxy groups -OCH3 is 2. The van der Waals surface area contributed by atoms with E-state index in [9.17, 15) is 0 Å². The van der Waals surface area contributed by atoms with Crippen LogP contribution in [0.4, 0.5) is 5.13 Å². The van der Waals surface area contributed by atoms with E-state index in [4.69, 9.17) is 14.5 Å². The lowest BCUT2D eigenvalue weighted by molar-refractivity contribution is 0.245. The van der Waals surface area contributed by atoms with Crippen LogP contribution in [0.15, 0.2) is 46.2 Å². The number of anilines is 1. The fraction of sp³-hybridized carbons (Fsp3) is 0.444. The van der Waals surface area contributed by atoms with E-state index >= 15 is 0 Å². The van der Waals surface area contributed by atoms with Crippen LogP contribution in [0.3, 0.4) is 0 Å². The third kappa shape index (κ3) is 3.53. The predicted octanol–water partition coefficient (Wildman–Crippen LogP) is 3.77. The second kappa shape index (κ2) is 7.21. The molecular formula is C18H23N3O2S.